The largest absolute Gasteiger partial charge is 0.494 e. The minimum absolute atomic E-state index is 0.0295. The Balaban J connectivity index is 1.80. The highest BCUT2D eigenvalue weighted by Crippen LogP contribution is 2.41. The molecule has 4 rings (SSSR count). The SMILES string of the molecule is COc1cc(N=C2NC(=O)C(F)C3CCC(c4ccc(F)cc4F)N23)c(C)cc1F. The third kappa shape index (κ3) is 3.38. The number of aryl methyl sites for hydroxylation is 1. The maximum atomic E-state index is 14.6. The van der Waals surface area contributed by atoms with Crippen molar-refractivity contribution < 1.29 is 27.1 Å². The molecule has 3 atom stereocenters. The summed E-state index contributed by atoms with van der Waals surface area (Å²) in [5, 5.41) is 2.43. The molecule has 1 N–H and O–H groups in total. The van der Waals surface area contributed by atoms with E-state index in [-0.39, 0.29) is 17.3 Å². The molecule has 2 aromatic carbocycles. The number of methoxy groups -OCH3 is 1. The van der Waals surface area contributed by atoms with Crippen LogP contribution in [-0.4, -0.2) is 36.1 Å². The first-order valence-corrected chi connectivity index (χ1v) is 9.41. The van der Waals surface area contributed by atoms with E-state index in [0.29, 0.717) is 24.1 Å². The van der Waals surface area contributed by atoms with E-state index in [9.17, 15) is 22.4 Å². The Bertz CT molecular complexity index is 1040. The molecule has 0 aliphatic carbocycles. The van der Waals surface area contributed by atoms with Crippen LogP contribution in [-0.2, 0) is 4.79 Å². The third-order valence-electron chi connectivity index (χ3n) is 5.52. The lowest BCUT2D eigenvalue weighted by Gasteiger charge is -2.38. The lowest BCUT2D eigenvalue weighted by Crippen LogP contribution is -2.60. The van der Waals surface area contributed by atoms with Crippen molar-refractivity contribution in [3.05, 3.63) is 58.9 Å². The molecule has 3 unspecified atom stereocenters. The fraction of sp³-hybridized carbons (Fsp3) is 0.333. The Morgan fingerprint density at radius 1 is 1.13 bits per heavy atom. The standard InChI is InChI=1S/C21H19F4N3O2/c1-10-7-14(24)18(30-2)9-15(10)26-21-27-20(29)19(25)17-6-5-16(28(17)21)12-4-3-11(22)8-13(12)23/h3-4,7-9,16-17,19H,5-6H2,1-2H3,(H,26,27,29). The molecular formula is C21H19F4N3O2. The summed E-state index contributed by atoms with van der Waals surface area (Å²) in [7, 11) is 1.31. The van der Waals surface area contributed by atoms with Crippen molar-refractivity contribution >= 4 is 17.6 Å². The summed E-state index contributed by atoms with van der Waals surface area (Å²) in [4.78, 5) is 18.1. The minimum atomic E-state index is -1.82. The van der Waals surface area contributed by atoms with E-state index >= 15 is 0 Å². The number of guanidine groups is 1. The average molecular weight is 421 g/mol. The van der Waals surface area contributed by atoms with Crippen LogP contribution in [0.4, 0.5) is 23.2 Å². The fourth-order valence-electron chi connectivity index (χ4n) is 4.04. The summed E-state index contributed by atoms with van der Waals surface area (Å²) in [6.07, 6.45) is -1.17. The molecule has 0 bridgehead atoms. The van der Waals surface area contributed by atoms with Gasteiger partial charge in [-0.15, -0.1) is 0 Å². The number of alkyl halides is 1. The van der Waals surface area contributed by atoms with E-state index in [1.165, 1.54) is 30.2 Å². The normalized spacial score (nSPS) is 24.7. The summed E-state index contributed by atoms with van der Waals surface area (Å²) >= 11 is 0. The second-order valence-corrected chi connectivity index (χ2v) is 7.33. The van der Waals surface area contributed by atoms with Crippen LogP contribution < -0.4 is 10.1 Å². The molecule has 30 heavy (non-hydrogen) atoms. The Labute approximate surface area is 170 Å². The quantitative estimate of drug-likeness (QED) is 0.760. The number of benzene rings is 2. The zero-order valence-corrected chi connectivity index (χ0v) is 16.3. The Morgan fingerprint density at radius 2 is 1.90 bits per heavy atom. The summed E-state index contributed by atoms with van der Waals surface area (Å²) in [5.74, 6) is -2.90. The molecule has 0 saturated carbocycles. The number of ether oxygens (including phenoxy) is 1. The number of hydrogen-bond donors (Lipinski definition) is 1. The van der Waals surface area contributed by atoms with Crippen molar-refractivity contribution in [2.45, 2.75) is 38.0 Å². The number of hydrogen-bond acceptors (Lipinski definition) is 3. The zero-order chi connectivity index (χ0) is 21.6. The predicted octanol–water partition coefficient (Wildman–Crippen LogP) is 4.08. The zero-order valence-electron chi connectivity index (χ0n) is 16.3. The molecule has 2 fully saturated rings. The van der Waals surface area contributed by atoms with Gasteiger partial charge in [0.1, 0.15) is 11.6 Å². The summed E-state index contributed by atoms with van der Waals surface area (Å²) in [6, 6.07) is 4.33. The van der Waals surface area contributed by atoms with Crippen LogP contribution in [0.3, 0.4) is 0 Å². The van der Waals surface area contributed by atoms with Gasteiger partial charge in [-0.05, 0) is 37.5 Å². The smallest absolute Gasteiger partial charge is 0.263 e. The Kier molecular flexibility index (Phi) is 5.13. The number of nitrogens with zero attached hydrogens (tertiary/aromatic N) is 2. The van der Waals surface area contributed by atoms with Crippen LogP contribution in [0.25, 0.3) is 0 Å². The van der Waals surface area contributed by atoms with Crippen LogP contribution >= 0.6 is 0 Å². The van der Waals surface area contributed by atoms with E-state index in [2.05, 4.69) is 10.3 Å². The fourth-order valence-corrected chi connectivity index (χ4v) is 4.04. The van der Waals surface area contributed by atoms with E-state index in [0.717, 1.165) is 12.1 Å². The Morgan fingerprint density at radius 3 is 2.60 bits per heavy atom. The Hall–Kier alpha value is -3.10. The van der Waals surface area contributed by atoms with E-state index in [1.54, 1.807) is 6.92 Å². The van der Waals surface area contributed by atoms with Gasteiger partial charge < -0.3 is 9.64 Å². The van der Waals surface area contributed by atoms with E-state index in [1.807, 2.05) is 0 Å². The number of carbonyl (C=O) groups is 1. The minimum Gasteiger partial charge on any atom is -0.494 e. The second-order valence-electron chi connectivity index (χ2n) is 7.33. The van der Waals surface area contributed by atoms with Gasteiger partial charge in [-0.3, -0.25) is 10.1 Å². The van der Waals surface area contributed by atoms with Crippen molar-refractivity contribution in [2.24, 2.45) is 4.99 Å². The molecule has 2 aliphatic rings. The number of rotatable bonds is 3. The molecule has 2 aliphatic heterocycles. The lowest BCUT2D eigenvalue weighted by atomic mass is 10.0. The van der Waals surface area contributed by atoms with Crippen molar-refractivity contribution in [3.8, 4) is 5.75 Å². The number of fused-ring (bicyclic) bond motifs is 1. The third-order valence-corrected chi connectivity index (χ3v) is 5.52. The molecule has 158 valence electrons. The molecule has 0 spiro atoms. The molecule has 2 aromatic rings. The van der Waals surface area contributed by atoms with Crippen LogP contribution in [0, 0.1) is 24.4 Å². The van der Waals surface area contributed by atoms with Crippen molar-refractivity contribution in [3.63, 3.8) is 0 Å². The molecule has 1 amide bonds. The monoisotopic (exact) mass is 421 g/mol. The van der Waals surface area contributed by atoms with Gasteiger partial charge in [0.05, 0.1) is 24.9 Å². The highest BCUT2D eigenvalue weighted by molar-refractivity contribution is 6.03. The van der Waals surface area contributed by atoms with E-state index in [4.69, 9.17) is 4.74 Å². The summed E-state index contributed by atoms with van der Waals surface area (Å²) < 4.78 is 61.3. The van der Waals surface area contributed by atoms with Crippen LogP contribution in [0.1, 0.15) is 30.0 Å². The maximum absolute atomic E-state index is 14.6. The van der Waals surface area contributed by atoms with Gasteiger partial charge in [0.2, 0.25) is 5.96 Å². The van der Waals surface area contributed by atoms with Crippen LogP contribution in [0.5, 0.6) is 5.75 Å². The second kappa shape index (κ2) is 7.62. The van der Waals surface area contributed by atoms with Crippen LogP contribution in [0.2, 0.25) is 0 Å². The predicted molar refractivity (Wildman–Crippen MR) is 102 cm³/mol. The average Bonchev–Trinajstić information content (AvgIpc) is 3.13. The van der Waals surface area contributed by atoms with Gasteiger partial charge in [0.15, 0.2) is 17.7 Å². The first-order valence-electron chi connectivity index (χ1n) is 9.41. The first-order chi connectivity index (χ1) is 14.3. The number of nitrogens with one attached hydrogen (secondary N) is 1. The summed E-state index contributed by atoms with van der Waals surface area (Å²) in [6.45, 7) is 1.63. The highest BCUT2D eigenvalue weighted by Gasteiger charge is 2.48. The van der Waals surface area contributed by atoms with Gasteiger partial charge in [-0.1, -0.05) is 6.07 Å². The van der Waals surface area contributed by atoms with Gasteiger partial charge in [-0.25, -0.2) is 22.6 Å². The molecule has 2 heterocycles. The van der Waals surface area contributed by atoms with Crippen molar-refractivity contribution in [2.75, 3.05) is 7.11 Å². The number of aliphatic imine (C=N–C) groups is 1. The molecule has 5 nitrogen and oxygen atoms in total. The molecule has 0 radical (unpaired) electrons. The van der Waals surface area contributed by atoms with Crippen molar-refractivity contribution in [1.29, 1.82) is 0 Å². The van der Waals surface area contributed by atoms with Gasteiger partial charge in [0.25, 0.3) is 5.91 Å². The van der Waals surface area contributed by atoms with E-state index < -0.39 is 41.6 Å². The molecule has 2 saturated heterocycles. The van der Waals surface area contributed by atoms with Gasteiger partial charge in [0, 0.05) is 17.7 Å². The van der Waals surface area contributed by atoms with Gasteiger partial charge in [-0.2, -0.15) is 0 Å². The number of amides is 1. The van der Waals surface area contributed by atoms with Crippen molar-refractivity contribution in [1.82, 2.24) is 10.2 Å². The molecule has 0 aromatic heterocycles. The number of halogens is 4. The molecular weight excluding hydrogens is 402 g/mol. The maximum Gasteiger partial charge on any atom is 0.263 e. The van der Waals surface area contributed by atoms with Gasteiger partial charge >= 0.3 is 0 Å². The van der Waals surface area contributed by atoms with Crippen LogP contribution in [0.15, 0.2) is 35.3 Å². The summed E-state index contributed by atoms with van der Waals surface area (Å²) in [5.41, 5.74) is 0.964. The first kappa shape index (κ1) is 20.2. The highest BCUT2D eigenvalue weighted by atomic mass is 19.1. The lowest BCUT2D eigenvalue weighted by molar-refractivity contribution is -0.128. The molecule has 9 heteroatoms. The number of carbonyl (C=O) groups excluding carboxylic acids is 1. The topological polar surface area (TPSA) is 53.9 Å².